The van der Waals surface area contributed by atoms with Gasteiger partial charge in [0.05, 0.1) is 31.2 Å². The molecular weight excluding hydrogens is 431 g/mol. The van der Waals surface area contributed by atoms with Gasteiger partial charge >= 0.3 is 0 Å². The number of hydrogen-bond donors (Lipinski definition) is 3. The largest absolute Gasteiger partial charge is 0.501 e. The zero-order valence-electron chi connectivity index (χ0n) is 20.5. The average Bonchev–Trinajstić information content (AvgIpc) is 2.69. The lowest BCUT2D eigenvalue weighted by Gasteiger charge is -2.37. The van der Waals surface area contributed by atoms with Crippen LogP contribution in [0.5, 0.6) is 0 Å². The van der Waals surface area contributed by atoms with E-state index in [1.165, 1.54) is 13.2 Å². The zero-order valence-corrected chi connectivity index (χ0v) is 21.4. The fraction of sp³-hybridized carbons (Fsp3) is 0.667. The Morgan fingerprint density at radius 1 is 1.28 bits per heavy atom. The van der Waals surface area contributed by atoms with Crippen LogP contribution in [0.4, 0.5) is 0 Å². The molecule has 0 spiro atoms. The Labute approximate surface area is 193 Å². The smallest absolute Gasteiger partial charge is 0.228 e. The van der Waals surface area contributed by atoms with Crippen LogP contribution in [-0.2, 0) is 18.8 Å². The van der Waals surface area contributed by atoms with Crippen molar-refractivity contribution in [1.82, 2.24) is 0 Å². The first-order valence-corrected chi connectivity index (χ1v) is 12.7. The van der Waals surface area contributed by atoms with Gasteiger partial charge in [-0.3, -0.25) is 4.57 Å². The van der Waals surface area contributed by atoms with Crippen molar-refractivity contribution in [2.45, 2.75) is 79.0 Å². The van der Waals surface area contributed by atoms with Crippen molar-refractivity contribution in [2.24, 2.45) is 5.41 Å². The Hall–Kier alpha value is -1.55. The molecule has 0 aliphatic carbocycles. The van der Waals surface area contributed by atoms with Crippen LogP contribution in [0, 0.1) is 17.3 Å². The third-order valence-corrected chi connectivity index (χ3v) is 5.67. The van der Waals surface area contributed by atoms with Gasteiger partial charge in [-0.2, -0.15) is 0 Å². The Morgan fingerprint density at radius 3 is 2.38 bits per heavy atom. The summed E-state index contributed by atoms with van der Waals surface area (Å²) in [6.45, 7) is 15.8. The molecule has 1 saturated heterocycles. The van der Waals surface area contributed by atoms with Crippen LogP contribution in [0.15, 0.2) is 36.3 Å². The summed E-state index contributed by atoms with van der Waals surface area (Å²) in [7, 11) is -1.84. The second kappa shape index (κ2) is 14.6. The van der Waals surface area contributed by atoms with E-state index >= 15 is 0 Å². The minimum Gasteiger partial charge on any atom is -0.501 e. The molecule has 8 heteroatoms. The second-order valence-corrected chi connectivity index (χ2v) is 11.7. The van der Waals surface area contributed by atoms with Gasteiger partial charge in [-0.15, -0.1) is 5.92 Å². The lowest BCUT2D eigenvalue weighted by atomic mass is 10.0. The molecule has 0 amide bonds. The minimum absolute atomic E-state index is 0.0157. The standard InChI is InChI=1S/C19H29O7P.C5H12/c1-5-7-11-27(22,23)12-10-16-13-17(20)18(21)19(26-16)25-15(6-2)9-8-14(3)24-4;1-5(2,3)4/h6,8-9,16-21H,2,10-13H2,1,3-4H3,(H,22,23);1-4H3/b14-8+,15-9+;. The maximum Gasteiger partial charge on any atom is 0.228 e. The van der Waals surface area contributed by atoms with Crippen molar-refractivity contribution in [3.63, 3.8) is 0 Å². The molecule has 0 radical (unpaired) electrons. The SMILES string of the molecule is C=C/C(=C\C=C(/C)OC)OC1OC(CCP(=O)(O)CC#CC)CC(O)C1O.CC(C)(C)C. The van der Waals surface area contributed by atoms with Crippen LogP contribution in [0.25, 0.3) is 0 Å². The number of aliphatic hydroxyl groups excluding tert-OH is 2. The van der Waals surface area contributed by atoms with E-state index in [0.717, 1.165) is 0 Å². The molecule has 0 saturated carbocycles. The summed E-state index contributed by atoms with van der Waals surface area (Å²) >= 11 is 0. The maximum absolute atomic E-state index is 12.1. The Morgan fingerprint density at radius 2 is 1.88 bits per heavy atom. The molecule has 1 heterocycles. The fourth-order valence-corrected chi connectivity index (χ4v) is 3.64. The number of methoxy groups -OCH3 is 1. The van der Waals surface area contributed by atoms with E-state index in [-0.39, 0.29) is 25.2 Å². The lowest BCUT2D eigenvalue weighted by molar-refractivity contribution is -0.252. The highest BCUT2D eigenvalue weighted by atomic mass is 31.2. The molecule has 1 aliphatic heterocycles. The summed E-state index contributed by atoms with van der Waals surface area (Å²) in [5.41, 5.74) is 0.500. The number of hydrogen-bond acceptors (Lipinski definition) is 6. The van der Waals surface area contributed by atoms with E-state index in [1.807, 2.05) is 0 Å². The molecule has 1 fully saturated rings. The summed E-state index contributed by atoms with van der Waals surface area (Å²) in [5, 5.41) is 20.2. The third-order valence-electron chi connectivity index (χ3n) is 4.07. The van der Waals surface area contributed by atoms with E-state index in [4.69, 9.17) is 14.2 Å². The van der Waals surface area contributed by atoms with Crippen molar-refractivity contribution in [2.75, 3.05) is 19.4 Å². The predicted molar refractivity (Wildman–Crippen MR) is 128 cm³/mol. The Bertz CT molecular complexity index is 734. The Kier molecular flexibility index (Phi) is 13.9. The summed E-state index contributed by atoms with van der Waals surface area (Å²) in [6, 6.07) is 0. The molecule has 184 valence electrons. The number of allylic oxidation sites excluding steroid dienone is 4. The van der Waals surface area contributed by atoms with Gasteiger partial charge in [-0.1, -0.05) is 40.2 Å². The van der Waals surface area contributed by atoms with Crippen LogP contribution < -0.4 is 0 Å². The predicted octanol–water partition coefficient (Wildman–Crippen LogP) is 4.20. The van der Waals surface area contributed by atoms with Gasteiger partial charge < -0.3 is 29.3 Å². The van der Waals surface area contributed by atoms with Gasteiger partial charge in [0.1, 0.15) is 11.9 Å². The monoisotopic (exact) mass is 472 g/mol. The zero-order chi connectivity index (χ0) is 24.9. The van der Waals surface area contributed by atoms with Crippen molar-refractivity contribution in [1.29, 1.82) is 0 Å². The normalized spacial score (nSPS) is 25.9. The molecule has 5 atom stereocenters. The minimum atomic E-state index is -3.38. The third kappa shape index (κ3) is 14.5. The quantitative estimate of drug-likeness (QED) is 0.200. The molecule has 7 nitrogen and oxygen atoms in total. The van der Waals surface area contributed by atoms with Gasteiger partial charge in [-0.05, 0) is 43.9 Å². The molecule has 5 unspecified atom stereocenters. The van der Waals surface area contributed by atoms with Gasteiger partial charge in [0, 0.05) is 12.6 Å². The first-order chi connectivity index (χ1) is 14.7. The highest BCUT2D eigenvalue weighted by molar-refractivity contribution is 7.58. The van der Waals surface area contributed by atoms with Crippen molar-refractivity contribution < 1.29 is 33.9 Å². The molecule has 1 aliphatic rings. The highest BCUT2D eigenvalue weighted by Crippen LogP contribution is 2.41. The highest BCUT2D eigenvalue weighted by Gasteiger charge is 2.38. The maximum atomic E-state index is 12.1. The van der Waals surface area contributed by atoms with Crippen molar-refractivity contribution in [3.8, 4) is 11.8 Å². The number of aliphatic hydroxyl groups is 2. The molecular formula is C24H41O7P. The molecule has 3 N–H and O–H groups in total. The summed E-state index contributed by atoms with van der Waals surface area (Å²) in [4.78, 5) is 9.90. The van der Waals surface area contributed by atoms with E-state index < -0.39 is 32.0 Å². The van der Waals surface area contributed by atoms with Crippen LogP contribution in [-0.4, -0.2) is 59.1 Å². The summed E-state index contributed by atoms with van der Waals surface area (Å²) in [5.74, 6) is 6.18. The van der Waals surface area contributed by atoms with Gasteiger partial charge in [0.25, 0.3) is 0 Å². The van der Waals surface area contributed by atoms with Crippen molar-refractivity contribution in [3.05, 3.63) is 36.3 Å². The van der Waals surface area contributed by atoms with E-state index in [1.54, 1.807) is 26.0 Å². The van der Waals surface area contributed by atoms with Crippen LogP contribution >= 0.6 is 7.37 Å². The molecule has 0 aromatic rings. The fourth-order valence-electron chi connectivity index (χ4n) is 2.38. The van der Waals surface area contributed by atoms with Crippen LogP contribution in [0.3, 0.4) is 0 Å². The first-order valence-electron chi connectivity index (χ1n) is 10.7. The number of rotatable bonds is 9. The topological polar surface area (TPSA) is 105 Å². The molecule has 32 heavy (non-hydrogen) atoms. The van der Waals surface area contributed by atoms with E-state index in [9.17, 15) is 19.7 Å². The van der Waals surface area contributed by atoms with E-state index in [0.29, 0.717) is 16.9 Å². The van der Waals surface area contributed by atoms with Crippen LogP contribution in [0.1, 0.15) is 54.4 Å². The molecule has 0 bridgehead atoms. The van der Waals surface area contributed by atoms with E-state index in [2.05, 4.69) is 46.1 Å². The molecule has 0 aromatic carbocycles. The second-order valence-electron chi connectivity index (χ2n) is 9.24. The van der Waals surface area contributed by atoms with Crippen LogP contribution in [0.2, 0.25) is 0 Å². The summed E-state index contributed by atoms with van der Waals surface area (Å²) in [6.07, 6.45) is 1.09. The average molecular weight is 473 g/mol. The first kappa shape index (κ1) is 30.4. The molecule has 1 rings (SSSR count). The summed E-state index contributed by atoms with van der Waals surface area (Å²) < 4.78 is 28.4. The molecule has 0 aromatic heterocycles. The van der Waals surface area contributed by atoms with Gasteiger partial charge in [0.2, 0.25) is 13.7 Å². The van der Waals surface area contributed by atoms with Gasteiger partial charge in [0.15, 0.2) is 0 Å². The number of ether oxygens (including phenoxy) is 3. The lowest BCUT2D eigenvalue weighted by Crippen LogP contribution is -2.49. The Balaban J connectivity index is 0.00000172. The van der Waals surface area contributed by atoms with Gasteiger partial charge in [-0.25, -0.2) is 0 Å². The van der Waals surface area contributed by atoms with Crippen molar-refractivity contribution >= 4 is 7.37 Å².